The van der Waals surface area contributed by atoms with Crippen molar-refractivity contribution in [2.24, 2.45) is 18.7 Å². The first-order valence-corrected chi connectivity index (χ1v) is 6.00. The molecular weight excluding hydrogens is 236 g/mol. The molecule has 1 unspecified atom stereocenters. The second kappa shape index (κ2) is 6.34. The third-order valence-electron chi connectivity index (χ3n) is 2.54. The zero-order chi connectivity index (χ0) is 12.8. The standard InChI is InChI=1S/C11H18N4OS/c1-3-9(10(12)17)11(16)13-5-4-8-6-14-15(2)7-8/h6-7,9H,3-5H2,1-2H3,(H2,12,17)(H,13,16). The van der Waals surface area contributed by atoms with Crippen molar-refractivity contribution in [1.29, 1.82) is 0 Å². The minimum atomic E-state index is -0.362. The van der Waals surface area contributed by atoms with Gasteiger partial charge in [-0.2, -0.15) is 5.10 Å². The highest BCUT2D eigenvalue weighted by molar-refractivity contribution is 7.80. The van der Waals surface area contributed by atoms with Crippen LogP contribution in [-0.2, 0) is 18.3 Å². The number of aryl methyl sites for hydroxylation is 1. The normalized spacial score (nSPS) is 12.1. The van der Waals surface area contributed by atoms with E-state index in [0.29, 0.717) is 13.0 Å². The first kappa shape index (κ1) is 13.6. The Bertz CT molecular complexity index is 402. The van der Waals surface area contributed by atoms with Gasteiger partial charge in [-0.25, -0.2) is 0 Å². The van der Waals surface area contributed by atoms with E-state index < -0.39 is 0 Å². The molecule has 0 saturated heterocycles. The van der Waals surface area contributed by atoms with Gasteiger partial charge in [-0.05, 0) is 18.4 Å². The van der Waals surface area contributed by atoms with Gasteiger partial charge in [-0.3, -0.25) is 9.48 Å². The molecule has 1 amide bonds. The summed E-state index contributed by atoms with van der Waals surface area (Å²) in [7, 11) is 1.86. The molecule has 0 radical (unpaired) electrons. The monoisotopic (exact) mass is 254 g/mol. The Kier molecular flexibility index (Phi) is 5.09. The van der Waals surface area contributed by atoms with Crippen LogP contribution >= 0.6 is 12.2 Å². The number of carbonyl (C=O) groups is 1. The fraction of sp³-hybridized carbons (Fsp3) is 0.545. The Morgan fingerprint density at radius 3 is 2.88 bits per heavy atom. The van der Waals surface area contributed by atoms with Crippen LogP contribution in [0.5, 0.6) is 0 Å². The molecule has 0 aliphatic rings. The molecule has 1 aromatic heterocycles. The topological polar surface area (TPSA) is 72.9 Å². The van der Waals surface area contributed by atoms with Crippen LogP contribution in [-0.4, -0.2) is 27.2 Å². The highest BCUT2D eigenvalue weighted by Gasteiger charge is 2.18. The summed E-state index contributed by atoms with van der Waals surface area (Å²) in [5, 5.41) is 6.89. The predicted octanol–water partition coefficient (Wildman–Crippen LogP) is 0.391. The number of amides is 1. The molecule has 3 N–H and O–H groups in total. The van der Waals surface area contributed by atoms with Crippen LogP contribution in [0.25, 0.3) is 0 Å². The number of nitrogens with one attached hydrogen (secondary N) is 1. The first-order valence-electron chi connectivity index (χ1n) is 5.59. The van der Waals surface area contributed by atoms with Crippen molar-refractivity contribution < 1.29 is 4.79 Å². The van der Waals surface area contributed by atoms with Gasteiger partial charge >= 0.3 is 0 Å². The number of hydrogen-bond acceptors (Lipinski definition) is 3. The molecule has 0 bridgehead atoms. The average Bonchev–Trinajstić information content (AvgIpc) is 2.64. The van der Waals surface area contributed by atoms with Crippen molar-refractivity contribution in [3.63, 3.8) is 0 Å². The van der Waals surface area contributed by atoms with E-state index in [4.69, 9.17) is 18.0 Å². The zero-order valence-electron chi connectivity index (χ0n) is 10.1. The Morgan fingerprint density at radius 2 is 2.41 bits per heavy atom. The molecule has 0 aromatic carbocycles. The lowest BCUT2D eigenvalue weighted by Crippen LogP contribution is -2.38. The van der Waals surface area contributed by atoms with E-state index in [2.05, 4.69) is 10.4 Å². The van der Waals surface area contributed by atoms with Gasteiger partial charge in [0.05, 0.1) is 17.1 Å². The van der Waals surface area contributed by atoms with E-state index in [0.717, 1.165) is 12.0 Å². The van der Waals surface area contributed by atoms with E-state index in [1.165, 1.54) is 0 Å². The van der Waals surface area contributed by atoms with Gasteiger partial charge in [0.2, 0.25) is 5.91 Å². The summed E-state index contributed by atoms with van der Waals surface area (Å²) in [6.07, 6.45) is 5.11. The number of aromatic nitrogens is 2. The lowest BCUT2D eigenvalue weighted by atomic mass is 10.1. The molecule has 1 heterocycles. The van der Waals surface area contributed by atoms with Gasteiger partial charge in [-0.1, -0.05) is 19.1 Å². The largest absolute Gasteiger partial charge is 0.393 e. The molecule has 6 heteroatoms. The van der Waals surface area contributed by atoms with Gasteiger partial charge < -0.3 is 11.1 Å². The number of carbonyl (C=O) groups excluding carboxylic acids is 1. The maximum Gasteiger partial charge on any atom is 0.229 e. The molecule has 1 atom stereocenters. The van der Waals surface area contributed by atoms with Crippen LogP contribution < -0.4 is 11.1 Å². The van der Waals surface area contributed by atoms with E-state index in [1.54, 1.807) is 10.9 Å². The zero-order valence-corrected chi connectivity index (χ0v) is 11.0. The van der Waals surface area contributed by atoms with Gasteiger partial charge in [-0.15, -0.1) is 0 Å². The SMILES string of the molecule is CCC(C(=O)NCCc1cnn(C)c1)C(N)=S. The number of rotatable bonds is 6. The second-order valence-electron chi connectivity index (χ2n) is 3.93. The quantitative estimate of drug-likeness (QED) is 0.720. The molecule has 5 nitrogen and oxygen atoms in total. The Morgan fingerprint density at radius 1 is 1.71 bits per heavy atom. The van der Waals surface area contributed by atoms with Crippen molar-refractivity contribution >= 4 is 23.1 Å². The fourth-order valence-electron chi connectivity index (χ4n) is 1.57. The molecule has 0 aliphatic heterocycles. The highest BCUT2D eigenvalue weighted by atomic mass is 32.1. The number of thiocarbonyl (C=S) groups is 1. The Labute approximate surface area is 106 Å². The molecule has 17 heavy (non-hydrogen) atoms. The van der Waals surface area contributed by atoms with E-state index in [1.807, 2.05) is 20.2 Å². The van der Waals surface area contributed by atoms with Crippen molar-refractivity contribution in [2.75, 3.05) is 6.54 Å². The van der Waals surface area contributed by atoms with E-state index in [9.17, 15) is 4.79 Å². The number of nitrogens with zero attached hydrogens (tertiary/aromatic N) is 2. The van der Waals surface area contributed by atoms with Crippen molar-refractivity contribution in [3.8, 4) is 0 Å². The summed E-state index contributed by atoms with van der Waals surface area (Å²) >= 11 is 4.84. The molecule has 0 fully saturated rings. The maximum atomic E-state index is 11.7. The molecule has 1 aromatic rings. The number of hydrogen-bond donors (Lipinski definition) is 2. The lowest BCUT2D eigenvalue weighted by Gasteiger charge is -2.12. The minimum absolute atomic E-state index is 0.0936. The summed E-state index contributed by atoms with van der Waals surface area (Å²) in [5.74, 6) is -0.456. The lowest BCUT2D eigenvalue weighted by molar-refractivity contribution is -0.123. The first-order chi connectivity index (χ1) is 8.04. The average molecular weight is 254 g/mol. The summed E-state index contributed by atoms with van der Waals surface area (Å²) in [6, 6.07) is 0. The van der Waals surface area contributed by atoms with Crippen LogP contribution in [0.1, 0.15) is 18.9 Å². The van der Waals surface area contributed by atoms with Gasteiger partial charge in [0, 0.05) is 19.8 Å². The molecule has 0 saturated carbocycles. The van der Waals surface area contributed by atoms with Crippen LogP contribution in [0, 0.1) is 5.92 Å². The minimum Gasteiger partial charge on any atom is -0.393 e. The molecule has 0 spiro atoms. The van der Waals surface area contributed by atoms with Gasteiger partial charge in [0.25, 0.3) is 0 Å². The molecule has 94 valence electrons. The fourth-order valence-corrected chi connectivity index (χ4v) is 1.84. The third-order valence-corrected chi connectivity index (χ3v) is 2.82. The van der Waals surface area contributed by atoms with Crippen molar-refractivity contribution in [2.45, 2.75) is 19.8 Å². The third kappa shape index (κ3) is 4.14. The van der Waals surface area contributed by atoms with Crippen LogP contribution in [0.4, 0.5) is 0 Å². The van der Waals surface area contributed by atoms with Crippen molar-refractivity contribution in [1.82, 2.24) is 15.1 Å². The van der Waals surface area contributed by atoms with Crippen LogP contribution in [0.2, 0.25) is 0 Å². The predicted molar refractivity (Wildman–Crippen MR) is 70.5 cm³/mol. The molecule has 0 aliphatic carbocycles. The Hall–Kier alpha value is -1.43. The number of nitrogens with two attached hydrogens (primary N) is 1. The van der Waals surface area contributed by atoms with Gasteiger partial charge in [0.1, 0.15) is 0 Å². The maximum absolute atomic E-state index is 11.7. The van der Waals surface area contributed by atoms with E-state index in [-0.39, 0.29) is 16.8 Å². The summed E-state index contributed by atoms with van der Waals surface area (Å²) in [5.41, 5.74) is 6.59. The second-order valence-corrected chi connectivity index (χ2v) is 4.40. The molecular formula is C11H18N4OS. The summed E-state index contributed by atoms with van der Waals surface area (Å²) in [4.78, 5) is 12.0. The smallest absolute Gasteiger partial charge is 0.229 e. The van der Waals surface area contributed by atoms with Crippen LogP contribution in [0.3, 0.4) is 0 Å². The highest BCUT2D eigenvalue weighted by Crippen LogP contribution is 2.03. The van der Waals surface area contributed by atoms with Crippen molar-refractivity contribution in [3.05, 3.63) is 18.0 Å². The van der Waals surface area contributed by atoms with Crippen LogP contribution in [0.15, 0.2) is 12.4 Å². The molecule has 1 rings (SSSR count). The van der Waals surface area contributed by atoms with Gasteiger partial charge in [0.15, 0.2) is 0 Å². The summed E-state index contributed by atoms with van der Waals surface area (Å²) < 4.78 is 1.74. The summed E-state index contributed by atoms with van der Waals surface area (Å²) in [6.45, 7) is 2.47. The Balaban J connectivity index is 2.35. The van der Waals surface area contributed by atoms with E-state index >= 15 is 0 Å².